The van der Waals surface area contributed by atoms with E-state index >= 15 is 0 Å². The van der Waals surface area contributed by atoms with Gasteiger partial charge in [0.1, 0.15) is 5.82 Å². The summed E-state index contributed by atoms with van der Waals surface area (Å²) in [5.74, 6) is 1.76. The summed E-state index contributed by atoms with van der Waals surface area (Å²) in [6, 6.07) is 14.5. The maximum absolute atomic E-state index is 12.2. The van der Waals surface area contributed by atoms with E-state index in [1.54, 1.807) is 18.2 Å². The minimum Gasteiger partial charge on any atom is -0.362 e. The zero-order chi connectivity index (χ0) is 24.8. The zero-order valence-corrected chi connectivity index (χ0v) is 20.0. The monoisotopic (exact) mass is 474 g/mol. The fourth-order valence-corrected chi connectivity index (χ4v) is 4.38. The van der Waals surface area contributed by atoms with E-state index in [0.29, 0.717) is 30.0 Å². The Kier molecular flexibility index (Phi) is 7.54. The van der Waals surface area contributed by atoms with Crippen molar-refractivity contribution in [1.29, 1.82) is 0 Å². The molecule has 1 amide bonds. The molecule has 0 unspecified atom stereocenters. The van der Waals surface area contributed by atoms with Crippen molar-refractivity contribution in [2.75, 3.05) is 30.9 Å². The van der Waals surface area contributed by atoms with Crippen LogP contribution in [0.5, 0.6) is 0 Å². The lowest BCUT2D eigenvalue weighted by molar-refractivity contribution is -0.384. The number of aromatic nitrogens is 2. The van der Waals surface area contributed by atoms with Gasteiger partial charge < -0.3 is 15.5 Å². The normalized spacial score (nSPS) is 17.9. The second-order valence-corrected chi connectivity index (χ2v) is 9.07. The molecule has 182 valence electrons. The zero-order valence-electron chi connectivity index (χ0n) is 20.0. The van der Waals surface area contributed by atoms with Gasteiger partial charge in [-0.1, -0.05) is 24.3 Å². The third-order valence-corrected chi connectivity index (χ3v) is 6.26. The van der Waals surface area contributed by atoms with Crippen LogP contribution in [0.2, 0.25) is 0 Å². The molecule has 3 aromatic rings. The number of carbonyl (C=O) groups excluding carboxylic acids is 1. The van der Waals surface area contributed by atoms with Crippen LogP contribution in [0.3, 0.4) is 0 Å². The molecule has 9 heteroatoms. The van der Waals surface area contributed by atoms with E-state index in [4.69, 9.17) is 9.97 Å². The van der Waals surface area contributed by atoms with Crippen LogP contribution in [-0.4, -0.2) is 47.5 Å². The quantitative estimate of drug-likeness (QED) is 0.282. The van der Waals surface area contributed by atoms with Gasteiger partial charge >= 0.3 is 0 Å². The molecule has 1 aromatic heterocycles. The summed E-state index contributed by atoms with van der Waals surface area (Å²) in [7, 11) is 3.97. The van der Waals surface area contributed by atoms with Crippen molar-refractivity contribution in [2.45, 2.75) is 31.7 Å². The van der Waals surface area contributed by atoms with E-state index in [1.165, 1.54) is 18.2 Å². The molecule has 0 bridgehead atoms. The summed E-state index contributed by atoms with van der Waals surface area (Å²) in [4.78, 5) is 34.1. The van der Waals surface area contributed by atoms with Crippen LogP contribution in [0.25, 0.3) is 17.0 Å². The Labute approximate surface area is 204 Å². The van der Waals surface area contributed by atoms with Gasteiger partial charge in [0.2, 0.25) is 11.9 Å². The number of hydrogen-bond donors (Lipinski definition) is 2. The molecular weight excluding hydrogens is 444 g/mol. The third-order valence-electron chi connectivity index (χ3n) is 6.26. The molecule has 0 spiro atoms. The Morgan fingerprint density at radius 1 is 1.11 bits per heavy atom. The average Bonchev–Trinajstić information content (AvgIpc) is 2.86. The van der Waals surface area contributed by atoms with Crippen LogP contribution in [-0.2, 0) is 4.79 Å². The Morgan fingerprint density at radius 3 is 2.63 bits per heavy atom. The first kappa shape index (κ1) is 24.1. The summed E-state index contributed by atoms with van der Waals surface area (Å²) < 4.78 is 0. The topological polar surface area (TPSA) is 113 Å². The lowest BCUT2D eigenvalue weighted by atomic mass is 9.86. The highest BCUT2D eigenvalue weighted by molar-refractivity contribution is 5.92. The number of benzene rings is 2. The van der Waals surface area contributed by atoms with Crippen LogP contribution >= 0.6 is 0 Å². The number of nitro benzene ring substituents is 1. The lowest BCUT2D eigenvalue weighted by Crippen LogP contribution is -2.33. The Balaban J connectivity index is 1.26. The lowest BCUT2D eigenvalue weighted by Gasteiger charge is -2.29. The summed E-state index contributed by atoms with van der Waals surface area (Å²) in [5, 5.41) is 18.4. The Morgan fingerprint density at radius 2 is 1.89 bits per heavy atom. The molecule has 0 radical (unpaired) electrons. The van der Waals surface area contributed by atoms with Gasteiger partial charge in [-0.3, -0.25) is 14.9 Å². The molecular formula is C26H30N6O3. The number of nitro groups is 1. The van der Waals surface area contributed by atoms with Gasteiger partial charge in [-0.25, -0.2) is 4.98 Å². The third kappa shape index (κ3) is 6.32. The van der Waals surface area contributed by atoms with Crippen LogP contribution in [0, 0.1) is 16.0 Å². The summed E-state index contributed by atoms with van der Waals surface area (Å²) in [5.41, 5.74) is 1.54. The number of amides is 1. The van der Waals surface area contributed by atoms with Gasteiger partial charge in [-0.15, -0.1) is 0 Å². The molecule has 1 saturated carbocycles. The smallest absolute Gasteiger partial charge is 0.270 e. The van der Waals surface area contributed by atoms with E-state index in [2.05, 4.69) is 10.6 Å². The molecule has 4 rings (SSSR count). The van der Waals surface area contributed by atoms with E-state index in [0.717, 1.165) is 42.4 Å². The van der Waals surface area contributed by atoms with Crippen molar-refractivity contribution >= 4 is 40.3 Å². The van der Waals surface area contributed by atoms with Crippen molar-refractivity contribution in [2.24, 2.45) is 5.92 Å². The maximum atomic E-state index is 12.2. The summed E-state index contributed by atoms with van der Waals surface area (Å²) in [6.07, 6.45) is 6.98. The van der Waals surface area contributed by atoms with Crippen LogP contribution in [0.1, 0.15) is 31.2 Å². The minimum absolute atomic E-state index is 0.00459. The molecule has 2 aromatic carbocycles. The summed E-state index contributed by atoms with van der Waals surface area (Å²) in [6.45, 7) is 0.613. The number of anilines is 2. The first-order valence-electron chi connectivity index (χ1n) is 11.8. The molecule has 0 atom stereocenters. The molecule has 9 nitrogen and oxygen atoms in total. The van der Waals surface area contributed by atoms with Crippen LogP contribution < -0.4 is 15.5 Å². The molecule has 1 fully saturated rings. The number of nitrogens with zero attached hydrogens (tertiary/aromatic N) is 4. The maximum Gasteiger partial charge on any atom is 0.270 e. The van der Waals surface area contributed by atoms with Crippen molar-refractivity contribution in [1.82, 2.24) is 15.3 Å². The number of carbonyl (C=O) groups is 1. The molecule has 1 aliphatic carbocycles. The second-order valence-electron chi connectivity index (χ2n) is 9.07. The second kappa shape index (κ2) is 10.9. The number of hydrogen-bond acceptors (Lipinski definition) is 7. The van der Waals surface area contributed by atoms with Crippen molar-refractivity contribution in [3.8, 4) is 0 Å². The number of rotatable bonds is 8. The highest BCUT2D eigenvalue weighted by Crippen LogP contribution is 2.28. The Hall–Kier alpha value is -4.01. The van der Waals surface area contributed by atoms with E-state index in [9.17, 15) is 14.9 Å². The van der Waals surface area contributed by atoms with Crippen LogP contribution in [0.15, 0.2) is 54.6 Å². The molecule has 35 heavy (non-hydrogen) atoms. The minimum atomic E-state index is -0.449. The standard InChI is InChI=1S/C26H30N6O3/c1-31(2)25-22-8-3-4-9-23(22)29-26(30-25)28-20-13-10-19(11-14-20)17-27-24(33)15-12-18-6-5-7-21(16-18)32(34)35/h3-9,12,15-16,19-20H,10-11,13-14,17H2,1-2H3,(H,27,33)(H,28,29,30)/b15-12+. The Bertz CT molecular complexity index is 1230. The molecule has 2 N–H and O–H groups in total. The van der Waals surface area contributed by atoms with Crippen LogP contribution in [0.4, 0.5) is 17.5 Å². The first-order chi connectivity index (χ1) is 16.9. The van der Waals surface area contributed by atoms with Crippen molar-refractivity contribution in [3.63, 3.8) is 0 Å². The van der Waals surface area contributed by atoms with Gasteiger partial charge in [0.25, 0.3) is 5.69 Å². The highest BCUT2D eigenvalue weighted by atomic mass is 16.6. The largest absolute Gasteiger partial charge is 0.362 e. The number of para-hydroxylation sites is 1. The first-order valence-corrected chi connectivity index (χ1v) is 11.8. The average molecular weight is 475 g/mol. The van der Waals surface area contributed by atoms with Crippen molar-refractivity contribution < 1.29 is 9.72 Å². The van der Waals surface area contributed by atoms with Crippen molar-refractivity contribution in [3.05, 3.63) is 70.3 Å². The predicted molar refractivity (Wildman–Crippen MR) is 138 cm³/mol. The highest BCUT2D eigenvalue weighted by Gasteiger charge is 2.22. The predicted octanol–water partition coefficient (Wildman–Crippen LogP) is 4.40. The fourth-order valence-electron chi connectivity index (χ4n) is 4.38. The molecule has 1 aliphatic rings. The van der Waals surface area contributed by atoms with Gasteiger partial charge in [0.15, 0.2) is 0 Å². The number of fused-ring (bicyclic) bond motifs is 1. The van der Waals surface area contributed by atoms with Gasteiger partial charge in [-0.2, -0.15) is 4.98 Å². The van der Waals surface area contributed by atoms with E-state index in [1.807, 2.05) is 43.3 Å². The fraction of sp³-hybridized carbons (Fsp3) is 0.346. The molecule has 0 saturated heterocycles. The van der Waals surface area contributed by atoms with Gasteiger partial charge in [0.05, 0.1) is 10.4 Å². The SMILES string of the molecule is CN(C)c1nc(NC2CCC(CNC(=O)/C=C/c3cccc([N+](=O)[O-])c3)CC2)nc2ccccc12. The molecule has 0 aliphatic heterocycles. The number of non-ortho nitro benzene ring substituents is 1. The van der Waals surface area contributed by atoms with E-state index < -0.39 is 4.92 Å². The van der Waals surface area contributed by atoms with Gasteiger partial charge in [-0.05, 0) is 55.4 Å². The van der Waals surface area contributed by atoms with E-state index in [-0.39, 0.29) is 11.6 Å². The molecule has 1 heterocycles. The number of nitrogens with one attached hydrogen (secondary N) is 2. The van der Waals surface area contributed by atoms with Gasteiger partial charge in [0, 0.05) is 50.3 Å². The summed E-state index contributed by atoms with van der Waals surface area (Å²) >= 11 is 0.